The number of hydrogen-bond acceptors (Lipinski definition) is 5. The van der Waals surface area contributed by atoms with Gasteiger partial charge in [0, 0.05) is 30.4 Å². The van der Waals surface area contributed by atoms with Crippen molar-refractivity contribution in [3.05, 3.63) is 35.1 Å². The van der Waals surface area contributed by atoms with Crippen molar-refractivity contribution in [1.82, 2.24) is 9.78 Å². The molecule has 1 aliphatic rings. The smallest absolute Gasteiger partial charge is 0.231 e. The van der Waals surface area contributed by atoms with Gasteiger partial charge in [0.2, 0.25) is 6.79 Å². The molecular weight excluding hydrogens is 282 g/mol. The van der Waals surface area contributed by atoms with E-state index in [4.69, 9.17) is 26.2 Å². The summed E-state index contributed by atoms with van der Waals surface area (Å²) < 4.78 is 12.3. The van der Waals surface area contributed by atoms with Crippen molar-refractivity contribution < 1.29 is 14.6 Å². The fourth-order valence-corrected chi connectivity index (χ4v) is 2.19. The lowest BCUT2D eigenvalue weighted by Gasteiger charge is -2.08. The second-order valence-corrected chi connectivity index (χ2v) is 4.78. The second kappa shape index (κ2) is 5.60. The first-order chi connectivity index (χ1) is 9.76. The molecule has 0 saturated heterocycles. The normalized spacial score (nSPS) is 12.7. The number of nitrogens with one attached hydrogen (secondary N) is 1. The molecule has 2 heterocycles. The van der Waals surface area contributed by atoms with E-state index in [1.165, 1.54) is 0 Å². The topological polar surface area (TPSA) is 68.5 Å². The highest BCUT2D eigenvalue weighted by Gasteiger charge is 2.16. The first kappa shape index (κ1) is 13.1. The number of aromatic nitrogens is 2. The summed E-state index contributed by atoms with van der Waals surface area (Å²) >= 11 is 6.18. The Hall–Kier alpha value is -1.92. The number of hydrogen-bond donors (Lipinski definition) is 2. The van der Waals surface area contributed by atoms with E-state index in [2.05, 4.69) is 10.4 Å². The summed E-state index contributed by atoms with van der Waals surface area (Å²) in [5.41, 5.74) is 1.79. The van der Waals surface area contributed by atoms with Crippen molar-refractivity contribution in [3.63, 3.8) is 0 Å². The largest absolute Gasteiger partial charge is 0.454 e. The molecular formula is C13H14ClN3O3. The van der Waals surface area contributed by atoms with Crippen LogP contribution in [0.25, 0.3) is 0 Å². The Morgan fingerprint density at radius 3 is 2.95 bits per heavy atom. The van der Waals surface area contributed by atoms with Crippen LogP contribution in [0.4, 0.5) is 5.69 Å². The van der Waals surface area contributed by atoms with Crippen molar-refractivity contribution in [2.45, 2.75) is 13.1 Å². The van der Waals surface area contributed by atoms with Gasteiger partial charge in [-0.2, -0.15) is 5.10 Å². The minimum Gasteiger partial charge on any atom is -0.454 e. The van der Waals surface area contributed by atoms with Crippen molar-refractivity contribution in [3.8, 4) is 11.5 Å². The summed E-state index contributed by atoms with van der Waals surface area (Å²) in [5.74, 6) is 1.35. The van der Waals surface area contributed by atoms with Crippen molar-refractivity contribution >= 4 is 17.3 Å². The predicted octanol–water partition coefficient (Wildman–Crippen LogP) is 1.87. The van der Waals surface area contributed by atoms with Crippen molar-refractivity contribution in [2.24, 2.45) is 0 Å². The summed E-state index contributed by atoms with van der Waals surface area (Å²) in [6, 6.07) is 3.56. The van der Waals surface area contributed by atoms with Gasteiger partial charge in [0.15, 0.2) is 11.5 Å². The number of rotatable bonds is 5. The van der Waals surface area contributed by atoms with E-state index in [9.17, 15) is 0 Å². The van der Waals surface area contributed by atoms with E-state index in [0.29, 0.717) is 29.6 Å². The molecule has 20 heavy (non-hydrogen) atoms. The van der Waals surface area contributed by atoms with E-state index in [0.717, 1.165) is 11.3 Å². The lowest BCUT2D eigenvalue weighted by molar-refractivity contribution is 0.174. The molecule has 106 valence electrons. The minimum absolute atomic E-state index is 0.0720. The molecule has 2 N–H and O–H groups in total. The van der Waals surface area contributed by atoms with Crippen molar-refractivity contribution in [2.75, 3.05) is 18.7 Å². The van der Waals surface area contributed by atoms with Gasteiger partial charge in [-0.25, -0.2) is 0 Å². The van der Waals surface area contributed by atoms with Gasteiger partial charge in [0.05, 0.1) is 30.1 Å². The zero-order chi connectivity index (χ0) is 13.9. The highest BCUT2D eigenvalue weighted by atomic mass is 35.5. The molecule has 1 aromatic heterocycles. The molecule has 0 bridgehead atoms. The van der Waals surface area contributed by atoms with Gasteiger partial charge in [-0.05, 0) is 0 Å². The quantitative estimate of drug-likeness (QED) is 0.881. The summed E-state index contributed by atoms with van der Waals surface area (Å²) in [7, 11) is 0. The number of fused-ring (bicyclic) bond motifs is 1. The van der Waals surface area contributed by atoms with Crippen molar-refractivity contribution in [1.29, 1.82) is 0 Å². The molecule has 0 unspecified atom stereocenters. The Balaban J connectivity index is 1.68. The van der Waals surface area contributed by atoms with Crippen LogP contribution in [0.2, 0.25) is 5.02 Å². The number of halogens is 1. The second-order valence-electron chi connectivity index (χ2n) is 4.37. The Bertz CT molecular complexity index is 615. The fourth-order valence-electron chi connectivity index (χ4n) is 1.97. The third-order valence-electron chi connectivity index (χ3n) is 2.96. The third-order valence-corrected chi connectivity index (χ3v) is 3.27. The first-order valence-corrected chi connectivity index (χ1v) is 6.59. The average molecular weight is 296 g/mol. The van der Waals surface area contributed by atoms with Crippen LogP contribution in [0, 0.1) is 0 Å². The van der Waals surface area contributed by atoms with E-state index in [-0.39, 0.29) is 13.4 Å². The Morgan fingerprint density at radius 1 is 1.35 bits per heavy atom. The Labute approximate surface area is 120 Å². The van der Waals surface area contributed by atoms with Gasteiger partial charge in [-0.1, -0.05) is 11.6 Å². The molecule has 0 radical (unpaired) electrons. The Kier molecular flexibility index (Phi) is 3.66. The molecule has 0 atom stereocenters. The maximum absolute atomic E-state index is 8.84. The number of anilines is 1. The highest BCUT2D eigenvalue weighted by molar-refractivity contribution is 6.33. The summed E-state index contributed by atoms with van der Waals surface area (Å²) in [4.78, 5) is 0. The maximum Gasteiger partial charge on any atom is 0.231 e. The predicted molar refractivity (Wildman–Crippen MR) is 74.2 cm³/mol. The lowest BCUT2D eigenvalue weighted by Crippen LogP contribution is -2.02. The third kappa shape index (κ3) is 2.66. The molecule has 0 spiro atoms. The molecule has 1 aromatic carbocycles. The van der Waals surface area contributed by atoms with Crippen LogP contribution in [-0.2, 0) is 13.1 Å². The van der Waals surface area contributed by atoms with E-state index in [1.807, 2.05) is 12.3 Å². The van der Waals surface area contributed by atoms with E-state index >= 15 is 0 Å². The van der Waals surface area contributed by atoms with Crippen LogP contribution in [-0.4, -0.2) is 28.3 Å². The van der Waals surface area contributed by atoms with Gasteiger partial charge >= 0.3 is 0 Å². The zero-order valence-corrected chi connectivity index (χ0v) is 11.4. The van der Waals surface area contributed by atoms with Gasteiger partial charge in [0.1, 0.15) is 0 Å². The number of benzene rings is 1. The molecule has 0 amide bonds. The van der Waals surface area contributed by atoms with Gasteiger partial charge < -0.3 is 19.9 Å². The van der Waals surface area contributed by atoms with Crippen LogP contribution in [0.1, 0.15) is 5.56 Å². The number of aliphatic hydroxyl groups is 1. The molecule has 0 aliphatic carbocycles. The van der Waals surface area contributed by atoms with Crippen LogP contribution in [0.5, 0.6) is 11.5 Å². The van der Waals surface area contributed by atoms with Crippen LogP contribution in [0.15, 0.2) is 24.5 Å². The molecule has 6 nitrogen and oxygen atoms in total. The van der Waals surface area contributed by atoms with Crippen LogP contribution in [0.3, 0.4) is 0 Å². The molecule has 0 fully saturated rings. The fraction of sp³-hybridized carbons (Fsp3) is 0.308. The SMILES string of the molecule is OCCn1cc(CNc2cc3c(cc2Cl)OCO3)cn1. The molecule has 0 saturated carbocycles. The van der Waals surface area contributed by atoms with Crippen LogP contribution < -0.4 is 14.8 Å². The first-order valence-electron chi connectivity index (χ1n) is 6.21. The van der Waals surface area contributed by atoms with Gasteiger partial charge in [-0.15, -0.1) is 0 Å². The lowest BCUT2D eigenvalue weighted by atomic mass is 10.2. The molecule has 3 rings (SSSR count). The number of nitrogens with zero attached hydrogens (tertiary/aromatic N) is 2. The summed E-state index contributed by atoms with van der Waals surface area (Å²) in [6.07, 6.45) is 3.63. The van der Waals surface area contributed by atoms with Gasteiger partial charge in [0.25, 0.3) is 0 Å². The number of aliphatic hydroxyl groups excluding tert-OH is 1. The highest BCUT2D eigenvalue weighted by Crippen LogP contribution is 2.39. The summed E-state index contributed by atoms with van der Waals surface area (Å²) in [5, 5.41) is 16.8. The summed E-state index contributed by atoms with van der Waals surface area (Å²) in [6.45, 7) is 1.38. The van der Waals surface area contributed by atoms with E-state index in [1.54, 1.807) is 16.9 Å². The molecule has 2 aromatic rings. The number of ether oxygens (including phenoxy) is 2. The molecule has 7 heteroatoms. The zero-order valence-electron chi connectivity index (χ0n) is 10.7. The van der Waals surface area contributed by atoms with Gasteiger partial charge in [-0.3, -0.25) is 4.68 Å². The standard InChI is InChI=1S/C13H14ClN3O3/c14-10-3-12-13(20-8-19-12)4-11(10)15-5-9-6-16-17(7-9)1-2-18/h3-4,6-7,15,18H,1-2,5,8H2. The Morgan fingerprint density at radius 2 is 2.15 bits per heavy atom. The monoisotopic (exact) mass is 295 g/mol. The maximum atomic E-state index is 8.84. The molecule has 1 aliphatic heterocycles. The average Bonchev–Trinajstić information content (AvgIpc) is 3.05. The van der Waals surface area contributed by atoms with E-state index < -0.39 is 0 Å². The van der Waals surface area contributed by atoms with Crippen LogP contribution >= 0.6 is 11.6 Å². The minimum atomic E-state index is 0.0720.